The van der Waals surface area contributed by atoms with Gasteiger partial charge in [-0.05, 0) is 54.5 Å². The zero-order chi connectivity index (χ0) is 27.6. The van der Waals surface area contributed by atoms with Crippen molar-refractivity contribution in [3.63, 3.8) is 0 Å². The Balaban J connectivity index is 1.61. The van der Waals surface area contributed by atoms with Crippen molar-refractivity contribution >= 4 is 23.5 Å². The van der Waals surface area contributed by atoms with Crippen LogP contribution in [0.25, 0.3) is 11.1 Å². The van der Waals surface area contributed by atoms with Gasteiger partial charge in [0.2, 0.25) is 5.91 Å². The fourth-order valence-corrected chi connectivity index (χ4v) is 5.09. The summed E-state index contributed by atoms with van der Waals surface area (Å²) in [6, 6.07) is 8.18. The second-order valence-electron chi connectivity index (χ2n) is 11.0. The maximum atomic E-state index is 13.8. The van der Waals surface area contributed by atoms with Gasteiger partial charge in [-0.25, -0.2) is 14.2 Å². The van der Waals surface area contributed by atoms with Crippen LogP contribution in [0.5, 0.6) is 0 Å². The second kappa shape index (κ2) is 10.8. The number of nitrogens with one attached hydrogen (secondary N) is 2. The fourth-order valence-electron chi connectivity index (χ4n) is 5.09. The number of pyridine rings is 1. The standard InChI is InChI=1S/C28H35FN6O3/c1-17-12-23(32-26-14-21(29)8-10-30-26)22-13-19(6-7-24(22)35(17)18(2)36)20-15-31-34(16-20)11-9-25(28(3,4)5)33-27(37)38/h6-8,10,13-17,23,25,33H,9,11-12H2,1-5H3,(H,30,32)(H,37,38)/t17-,23+,25?/m0/s1. The Hall–Kier alpha value is -3.95. The third kappa shape index (κ3) is 6.12. The van der Waals surface area contributed by atoms with Crippen LogP contribution in [0.1, 0.15) is 59.1 Å². The molecule has 3 N–H and O–H groups in total. The molecule has 0 fully saturated rings. The number of halogens is 1. The Morgan fingerprint density at radius 1 is 1.21 bits per heavy atom. The van der Waals surface area contributed by atoms with Gasteiger partial charge in [0.1, 0.15) is 11.6 Å². The zero-order valence-corrected chi connectivity index (χ0v) is 22.4. The number of rotatable bonds is 7. The molecule has 38 heavy (non-hydrogen) atoms. The van der Waals surface area contributed by atoms with E-state index < -0.39 is 6.09 Å². The topological polar surface area (TPSA) is 112 Å². The molecule has 4 rings (SSSR count). The van der Waals surface area contributed by atoms with E-state index in [4.69, 9.17) is 0 Å². The average Bonchev–Trinajstić information content (AvgIpc) is 3.29. The van der Waals surface area contributed by atoms with Crippen LogP contribution in [0.15, 0.2) is 48.9 Å². The highest BCUT2D eigenvalue weighted by Gasteiger charge is 2.33. The molecular weight excluding hydrogens is 487 g/mol. The van der Waals surface area contributed by atoms with Gasteiger partial charge < -0.3 is 20.6 Å². The highest BCUT2D eigenvalue weighted by atomic mass is 19.1. The second-order valence-corrected chi connectivity index (χ2v) is 11.0. The van der Waals surface area contributed by atoms with Crippen molar-refractivity contribution < 1.29 is 19.1 Å². The van der Waals surface area contributed by atoms with Crippen molar-refractivity contribution in [1.82, 2.24) is 20.1 Å². The highest BCUT2D eigenvalue weighted by molar-refractivity contribution is 5.94. The summed E-state index contributed by atoms with van der Waals surface area (Å²) < 4.78 is 15.6. The molecule has 0 bridgehead atoms. The number of aromatic nitrogens is 3. The molecule has 3 aromatic rings. The number of fused-ring (bicyclic) bond motifs is 1. The van der Waals surface area contributed by atoms with Crippen LogP contribution in [-0.4, -0.2) is 44.0 Å². The van der Waals surface area contributed by atoms with Gasteiger partial charge in [-0.15, -0.1) is 0 Å². The van der Waals surface area contributed by atoms with Gasteiger partial charge in [0.05, 0.1) is 12.2 Å². The lowest BCUT2D eigenvalue weighted by atomic mass is 9.85. The number of anilines is 2. The van der Waals surface area contributed by atoms with Crippen molar-refractivity contribution in [2.75, 3.05) is 10.2 Å². The third-order valence-electron chi connectivity index (χ3n) is 7.02. The van der Waals surface area contributed by atoms with Crippen molar-refractivity contribution in [2.24, 2.45) is 5.41 Å². The van der Waals surface area contributed by atoms with Gasteiger partial charge >= 0.3 is 6.09 Å². The monoisotopic (exact) mass is 522 g/mol. The van der Waals surface area contributed by atoms with Crippen LogP contribution in [0.2, 0.25) is 0 Å². The summed E-state index contributed by atoms with van der Waals surface area (Å²) in [6.45, 7) is 10.1. The van der Waals surface area contributed by atoms with Crippen LogP contribution < -0.4 is 15.5 Å². The summed E-state index contributed by atoms with van der Waals surface area (Å²) >= 11 is 0. The SMILES string of the molecule is CC(=O)N1c2ccc(-c3cnn(CCC(NC(=O)O)C(C)(C)C)c3)cc2[C@H](Nc2cc(F)ccn2)C[C@@H]1C. The van der Waals surface area contributed by atoms with E-state index in [1.165, 1.54) is 18.3 Å². The molecule has 2 aromatic heterocycles. The van der Waals surface area contributed by atoms with Crippen molar-refractivity contribution in [2.45, 2.75) is 72.1 Å². The number of aryl methyl sites for hydroxylation is 1. The van der Waals surface area contributed by atoms with Crippen LogP contribution in [0, 0.1) is 11.2 Å². The predicted molar refractivity (Wildman–Crippen MR) is 144 cm³/mol. The third-order valence-corrected chi connectivity index (χ3v) is 7.02. The molecule has 0 saturated heterocycles. The van der Waals surface area contributed by atoms with Gasteiger partial charge in [-0.1, -0.05) is 26.8 Å². The van der Waals surface area contributed by atoms with Gasteiger partial charge in [-0.2, -0.15) is 5.10 Å². The molecule has 3 atom stereocenters. The number of carboxylic acid groups (broad SMARTS) is 1. The molecule has 10 heteroatoms. The Bertz CT molecular complexity index is 1320. The first-order valence-electron chi connectivity index (χ1n) is 12.8. The predicted octanol–water partition coefficient (Wildman–Crippen LogP) is 5.45. The molecule has 0 spiro atoms. The molecule has 3 heterocycles. The number of hydrogen-bond donors (Lipinski definition) is 3. The summed E-state index contributed by atoms with van der Waals surface area (Å²) in [4.78, 5) is 29.8. The number of benzene rings is 1. The molecule has 1 aliphatic heterocycles. The number of carbonyl (C=O) groups excluding carboxylic acids is 1. The van der Waals surface area contributed by atoms with Gasteiger partial charge in [0.15, 0.2) is 0 Å². The Morgan fingerprint density at radius 3 is 2.63 bits per heavy atom. The molecular formula is C28H35FN6O3. The van der Waals surface area contributed by atoms with E-state index in [1.807, 2.05) is 56.8 Å². The Kier molecular flexibility index (Phi) is 7.71. The van der Waals surface area contributed by atoms with E-state index >= 15 is 0 Å². The lowest BCUT2D eigenvalue weighted by Gasteiger charge is -2.39. The molecule has 0 saturated carbocycles. The van der Waals surface area contributed by atoms with E-state index in [2.05, 4.69) is 20.7 Å². The van der Waals surface area contributed by atoms with Crippen molar-refractivity contribution in [3.8, 4) is 11.1 Å². The quantitative estimate of drug-likeness (QED) is 0.380. The van der Waals surface area contributed by atoms with E-state index in [1.54, 1.807) is 18.0 Å². The van der Waals surface area contributed by atoms with Gasteiger partial charge in [0, 0.05) is 55.3 Å². The zero-order valence-electron chi connectivity index (χ0n) is 22.4. The van der Waals surface area contributed by atoms with E-state index in [0.717, 1.165) is 22.4 Å². The molecule has 0 aliphatic carbocycles. The van der Waals surface area contributed by atoms with Crippen LogP contribution in [0.3, 0.4) is 0 Å². The maximum Gasteiger partial charge on any atom is 0.404 e. The number of nitrogens with zero attached hydrogens (tertiary/aromatic N) is 4. The molecule has 1 aliphatic rings. The van der Waals surface area contributed by atoms with Crippen LogP contribution >= 0.6 is 0 Å². The van der Waals surface area contributed by atoms with E-state index in [-0.39, 0.29) is 35.3 Å². The summed E-state index contributed by atoms with van der Waals surface area (Å²) in [7, 11) is 0. The molecule has 0 radical (unpaired) electrons. The highest BCUT2D eigenvalue weighted by Crippen LogP contribution is 2.41. The number of amides is 2. The lowest BCUT2D eigenvalue weighted by molar-refractivity contribution is -0.117. The summed E-state index contributed by atoms with van der Waals surface area (Å²) in [5, 5.41) is 19.7. The van der Waals surface area contributed by atoms with E-state index in [0.29, 0.717) is 25.2 Å². The first-order chi connectivity index (χ1) is 17.9. The summed E-state index contributed by atoms with van der Waals surface area (Å²) in [5.74, 6) is 0.0291. The molecule has 1 aromatic carbocycles. The Labute approximate surface area is 222 Å². The molecule has 1 unspecified atom stereocenters. The average molecular weight is 523 g/mol. The summed E-state index contributed by atoms with van der Waals surface area (Å²) in [5.41, 5.74) is 3.35. The fraction of sp³-hybridized carbons (Fsp3) is 0.429. The van der Waals surface area contributed by atoms with Crippen LogP contribution in [-0.2, 0) is 11.3 Å². The normalized spacial score (nSPS) is 18.0. The first-order valence-corrected chi connectivity index (χ1v) is 12.8. The van der Waals surface area contributed by atoms with E-state index in [9.17, 15) is 19.1 Å². The van der Waals surface area contributed by atoms with Crippen molar-refractivity contribution in [3.05, 3.63) is 60.3 Å². The largest absolute Gasteiger partial charge is 0.465 e. The van der Waals surface area contributed by atoms with Crippen LogP contribution in [0.4, 0.5) is 20.7 Å². The van der Waals surface area contributed by atoms with Crippen molar-refractivity contribution in [1.29, 1.82) is 0 Å². The minimum atomic E-state index is -1.04. The molecule has 2 amide bonds. The number of carbonyl (C=O) groups is 2. The minimum Gasteiger partial charge on any atom is -0.465 e. The minimum absolute atomic E-state index is 0.0370. The maximum absolute atomic E-state index is 13.8. The molecule has 202 valence electrons. The van der Waals surface area contributed by atoms with Gasteiger partial charge in [0.25, 0.3) is 0 Å². The lowest BCUT2D eigenvalue weighted by Crippen LogP contribution is -2.43. The molecule has 9 nitrogen and oxygen atoms in total. The first kappa shape index (κ1) is 27.1. The summed E-state index contributed by atoms with van der Waals surface area (Å²) in [6.07, 6.45) is 5.34. The number of hydrogen-bond acceptors (Lipinski definition) is 5. The Morgan fingerprint density at radius 2 is 1.97 bits per heavy atom. The van der Waals surface area contributed by atoms with Gasteiger partial charge in [-0.3, -0.25) is 9.48 Å². The smallest absolute Gasteiger partial charge is 0.404 e.